The van der Waals surface area contributed by atoms with Crippen LogP contribution >= 0.6 is 24.0 Å². The fourth-order valence-corrected chi connectivity index (χ4v) is 4.15. The summed E-state index contributed by atoms with van der Waals surface area (Å²) < 4.78 is 5.61. The minimum atomic E-state index is 0. The summed E-state index contributed by atoms with van der Waals surface area (Å²) in [5.74, 6) is 3.49. The van der Waals surface area contributed by atoms with Gasteiger partial charge < -0.3 is 19.9 Å². The Hall–Kier alpha value is -1.09. The molecule has 1 aromatic heterocycles. The Morgan fingerprint density at radius 2 is 1.96 bits per heavy atom. The Labute approximate surface area is 187 Å². The number of nitrogens with one attached hydrogen (secondary N) is 1. The summed E-state index contributed by atoms with van der Waals surface area (Å²) >= 11 is 0. The number of hydrogen-bond donors (Lipinski definition) is 1. The molecule has 0 aromatic carbocycles. The summed E-state index contributed by atoms with van der Waals surface area (Å²) in [4.78, 5) is 14.3. The van der Waals surface area contributed by atoms with E-state index in [1.165, 1.54) is 6.42 Å². The van der Waals surface area contributed by atoms with Crippen molar-refractivity contribution >= 4 is 35.8 Å². The summed E-state index contributed by atoms with van der Waals surface area (Å²) in [6, 6.07) is 4.26. The molecule has 2 fully saturated rings. The monoisotopic (exact) mass is 501 g/mol. The van der Waals surface area contributed by atoms with Crippen molar-refractivity contribution in [3.8, 4) is 0 Å². The number of pyridine rings is 1. The number of anilines is 1. The molecule has 3 unspecified atom stereocenters. The molecule has 6 nitrogen and oxygen atoms in total. The van der Waals surface area contributed by atoms with Gasteiger partial charge in [0.2, 0.25) is 0 Å². The van der Waals surface area contributed by atoms with Crippen molar-refractivity contribution in [2.24, 2.45) is 16.8 Å². The number of guanidine groups is 1. The third-order valence-electron chi connectivity index (χ3n) is 5.29. The van der Waals surface area contributed by atoms with Crippen molar-refractivity contribution in [1.82, 2.24) is 15.2 Å². The number of nitrogens with zero attached hydrogens (tertiary/aromatic N) is 4. The predicted octanol–water partition coefficient (Wildman–Crippen LogP) is 3.37. The van der Waals surface area contributed by atoms with E-state index in [9.17, 15) is 0 Å². The first-order valence-electron chi connectivity index (χ1n) is 10.4. The van der Waals surface area contributed by atoms with E-state index in [0.717, 1.165) is 68.5 Å². The summed E-state index contributed by atoms with van der Waals surface area (Å²) in [5.41, 5.74) is 1.15. The minimum absolute atomic E-state index is 0. The van der Waals surface area contributed by atoms with Crippen LogP contribution in [0.15, 0.2) is 23.3 Å². The fourth-order valence-electron chi connectivity index (χ4n) is 4.15. The topological polar surface area (TPSA) is 53.0 Å². The molecule has 7 heteroatoms. The van der Waals surface area contributed by atoms with Gasteiger partial charge in [0.1, 0.15) is 5.82 Å². The molecule has 3 atom stereocenters. The lowest BCUT2D eigenvalue weighted by molar-refractivity contribution is 0.0529. The highest BCUT2D eigenvalue weighted by Gasteiger charge is 2.24. The number of hydrogen-bond acceptors (Lipinski definition) is 4. The van der Waals surface area contributed by atoms with Crippen LogP contribution < -0.4 is 10.2 Å². The normalized spacial score (nSPS) is 26.0. The number of likely N-dealkylation sites (tertiary alicyclic amines) is 1. The molecule has 158 valence electrons. The van der Waals surface area contributed by atoms with Crippen molar-refractivity contribution in [3.05, 3.63) is 23.9 Å². The highest BCUT2D eigenvalue weighted by atomic mass is 127. The van der Waals surface area contributed by atoms with Gasteiger partial charge in [0.15, 0.2) is 5.96 Å². The van der Waals surface area contributed by atoms with E-state index in [-0.39, 0.29) is 30.1 Å². The molecular formula is C21H36IN5O. The maximum Gasteiger partial charge on any atom is 0.194 e. The quantitative estimate of drug-likeness (QED) is 0.390. The molecule has 0 aliphatic carbocycles. The van der Waals surface area contributed by atoms with E-state index in [4.69, 9.17) is 9.73 Å². The number of rotatable bonds is 4. The number of halogens is 1. The first-order chi connectivity index (χ1) is 13.0. The van der Waals surface area contributed by atoms with E-state index in [1.54, 1.807) is 0 Å². The lowest BCUT2D eigenvalue weighted by Crippen LogP contribution is -2.48. The van der Waals surface area contributed by atoms with Gasteiger partial charge in [-0.2, -0.15) is 0 Å². The molecule has 0 amide bonds. The first kappa shape index (κ1) is 23.2. The van der Waals surface area contributed by atoms with Gasteiger partial charge in [-0.25, -0.2) is 9.98 Å². The summed E-state index contributed by atoms with van der Waals surface area (Å²) in [7, 11) is 0. The van der Waals surface area contributed by atoms with Gasteiger partial charge in [-0.05, 0) is 43.7 Å². The van der Waals surface area contributed by atoms with Crippen molar-refractivity contribution < 1.29 is 4.74 Å². The Morgan fingerprint density at radius 3 is 2.57 bits per heavy atom. The Kier molecular flexibility index (Phi) is 9.27. The Bertz CT molecular complexity index is 614. The molecule has 0 bridgehead atoms. The molecule has 2 aliphatic rings. The molecule has 0 spiro atoms. The third kappa shape index (κ3) is 6.47. The summed E-state index contributed by atoms with van der Waals surface area (Å²) in [5, 5.41) is 3.47. The molecule has 2 aliphatic heterocycles. The molecule has 1 N–H and O–H groups in total. The third-order valence-corrected chi connectivity index (χ3v) is 5.29. The van der Waals surface area contributed by atoms with Crippen molar-refractivity contribution in [1.29, 1.82) is 0 Å². The average Bonchev–Trinajstić information content (AvgIpc) is 2.65. The summed E-state index contributed by atoms with van der Waals surface area (Å²) in [6.07, 6.45) is 3.53. The van der Waals surface area contributed by atoms with E-state index >= 15 is 0 Å². The zero-order valence-electron chi connectivity index (χ0n) is 17.7. The highest BCUT2D eigenvalue weighted by Crippen LogP contribution is 2.21. The van der Waals surface area contributed by atoms with E-state index in [2.05, 4.69) is 59.9 Å². The van der Waals surface area contributed by atoms with E-state index in [1.807, 2.05) is 6.20 Å². The zero-order chi connectivity index (χ0) is 19.2. The number of piperidine rings is 1. The van der Waals surface area contributed by atoms with Crippen LogP contribution in [0.4, 0.5) is 5.82 Å². The van der Waals surface area contributed by atoms with Crippen LogP contribution in [0, 0.1) is 11.8 Å². The number of morpholine rings is 1. The highest BCUT2D eigenvalue weighted by molar-refractivity contribution is 14.0. The van der Waals surface area contributed by atoms with Gasteiger partial charge in [0, 0.05) is 38.9 Å². The molecular weight excluding hydrogens is 465 g/mol. The lowest BCUT2D eigenvalue weighted by atomic mass is 9.92. The second-order valence-electron chi connectivity index (χ2n) is 8.17. The maximum absolute atomic E-state index is 5.61. The van der Waals surface area contributed by atoms with Crippen LogP contribution in [-0.2, 0) is 11.3 Å². The van der Waals surface area contributed by atoms with Gasteiger partial charge in [0.05, 0.1) is 19.3 Å². The van der Waals surface area contributed by atoms with Gasteiger partial charge in [-0.3, -0.25) is 0 Å². The Morgan fingerprint density at radius 1 is 1.21 bits per heavy atom. The number of ether oxygens (including phenoxy) is 1. The molecule has 2 saturated heterocycles. The SMILES string of the molecule is CCNC(=NCc1ccc(N2CCOC(C)C2)nc1)N1CC(C)CC(C)C1.I. The lowest BCUT2D eigenvalue weighted by Gasteiger charge is -2.37. The van der Waals surface area contributed by atoms with Crippen LogP contribution in [0.5, 0.6) is 0 Å². The Balaban J connectivity index is 0.00000280. The van der Waals surface area contributed by atoms with Crippen LogP contribution in [0.1, 0.15) is 39.7 Å². The van der Waals surface area contributed by atoms with Gasteiger partial charge in [-0.15, -0.1) is 24.0 Å². The molecule has 28 heavy (non-hydrogen) atoms. The van der Waals surface area contributed by atoms with Crippen molar-refractivity contribution in [2.75, 3.05) is 44.2 Å². The van der Waals surface area contributed by atoms with E-state index < -0.39 is 0 Å². The molecule has 1 aromatic rings. The fraction of sp³-hybridized carbons (Fsp3) is 0.714. The maximum atomic E-state index is 5.61. The van der Waals surface area contributed by atoms with Gasteiger partial charge >= 0.3 is 0 Å². The van der Waals surface area contributed by atoms with Crippen LogP contribution in [0.25, 0.3) is 0 Å². The molecule has 3 rings (SSSR count). The smallest absolute Gasteiger partial charge is 0.194 e. The molecule has 0 saturated carbocycles. The predicted molar refractivity (Wildman–Crippen MR) is 127 cm³/mol. The second kappa shape index (κ2) is 11.2. The largest absolute Gasteiger partial charge is 0.375 e. The zero-order valence-corrected chi connectivity index (χ0v) is 20.1. The number of aromatic nitrogens is 1. The van der Waals surface area contributed by atoms with Crippen LogP contribution in [0.3, 0.4) is 0 Å². The second-order valence-corrected chi connectivity index (χ2v) is 8.17. The van der Waals surface area contributed by atoms with E-state index in [0.29, 0.717) is 6.54 Å². The number of aliphatic imine (C=N–C) groups is 1. The van der Waals surface area contributed by atoms with Crippen LogP contribution in [0.2, 0.25) is 0 Å². The standard InChI is InChI=1S/C21H35N5O.HI/c1-5-22-21(26-13-16(2)10-17(3)14-26)24-12-19-6-7-20(23-11-19)25-8-9-27-18(4)15-25;/h6-7,11,16-18H,5,8-10,12-15H2,1-4H3,(H,22,24);1H. The first-order valence-corrected chi connectivity index (χ1v) is 10.4. The minimum Gasteiger partial charge on any atom is -0.375 e. The van der Waals surface area contributed by atoms with Gasteiger partial charge in [-0.1, -0.05) is 19.9 Å². The summed E-state index contributed by atoms with van der Waals surface area (Å²) in [6.45, 7) is 15.2. The van der Waals surface area contributed by atoms with Crippen molar-refractivity contribution in [2.45, 2.75) is 46.8 Å². The van der Waals surface area contributed by atoms with Gasteiger partial charge in [0.25, 0.3) is 0 Å². The molecule has 0 radical (unpaired) electrons. The van der Waals surface area contributed by atoms with Crippen LogP contribution in [-0.4, -0.2) is 61.3 Å². The average molecular weight is 501 g/mol. The van der Waals surface area contributed by atoms with Crippen molar-refractivity contribution in [3.63, 3.8) is 0 Å². The molecule has 3 heterocycles.